The zero-order chi connectivity index (χ0) is 13.6. The van der Waals surface area contributed by atoms with E-state index in [0.29, 0.717) is 11.2 Å². The summed E-state index contributed by atoms with van der Waals surface area (Å²) >= 11 is 0. The van der Waals surface area contributed by atoms with Crippen molar-refractivity contribution in [3.8, 4) is 5.75 Å². The number of benzene rings is 1. The van der Waals surface area contributed by atoms with E-state index in [2.05, 4.69) is 11.4 Å². The largest absolute Gasteiger partial charge is 0.508 e. The van der Waals surface area contributed by atoms with Gasteiger partial charge < -0.3 is 10.4 Å². The van der Waals surface area contributed by atoms with Gasteiger partial charge >= 0.3 is 0 Å². The molecule has 4 bridgehead atoms. The number of nitrogens with one attached hydrogen (secondary N) is 1. The molecule has 1 aromatic carbocycles. The van der Waals surface area contributed by atoms with Crippen molar-refractivity contribution in [2.24, 2.45) is 23.2 Å². The van der Waals surface area contributed by atoms with Gasteiger partial charge in [0.15, 0.2) is 0 Å². The number of hydrogen-bond acceptors (Lipinski definition) is 2. The second kappa shape index (κ2) is 4.77. The number of rotatable bonds is 4. The maximum absolute atomic E-state index is 9.51. The molecule has 20 heavy (non-hydrogen) atoms. The molecule has 5 rings (SSSR count). The topological polar surface area (TPSA) is 32.3 Å². The van der Waals surface area contributed by atoms with Gasteiger partial charge in [0.25, 0.3) is 0 Å². The van der Waals surface area contributed by atoms with E-state index < -0.39 is 0 Å². The fourth-order valence-electron chi connectivity index (χ4n) is 5.64. The fourth-order valence-corrected chi connectivity index (χ4v) is 5.64. The van der Waals surface area contributed by atoms with Gasteiger partial charge in [-0.3, -0.25) is 0 Å². The molecule has 108 valence electrons. The summed E-state index contributed by atoms with van der Waals surface area (Å²) in [6, 6.07) is 7.62. The molecular formula is C18H25NO. The lowest BCUT2D eigenvalue weighted by atomic mass is 9.49. The summed E-state index contributed by atoms with van der Waals surface area (Å²) < 4.78 is 0. The van der Waals surface area contributed by atoms with Crippen LogP contribution < -0.4 is 5.32 Å². The minimum absolute atomic E-state index is 0.374. The van der Waals surface area contributed by atoms with Crippen molar-refractivity contribution in [3.05, 3.63) is 29.8 Å². The van der Waals surface area contributed by atoms with Crippen LogP contribution >= 0.6 is 0 Å². The van der Waals surface area contributed by atoms with Gasteiger partial charge in [-0.1, -0.05) is 12.1 Å². The highest BCUT2D eigenvalue weighted by Crippen LogP contribution is 2.59. The molecule has 0 heterocycles. The summed E-state index contributed by atoms with van der Waals surface area (Å²) in [4.78, 5) is 0. The molecule has 1 aromatic rings. The van der Waals surface area contributed by atoms with E-state index >= 15 is 0 Å². The van der Waals surface area contributed by atoms with Crippen molar-refractivity contribution in [3.63, 3.8) is 0 Å². The predicted molar refractivity (Wildman–Crippen MR) is 80.4 cm³/mol. The molecule has 2 heteroatoms. The summed E-state index contributed by atoms with van der Waals surface area (Å²) in [7, 11) is 0. The van der Waals surface area contributed by atoms with Gasteiger partial charge in [0.2, 0.25) is 0 Å². The number of hydrogen-bond donors (Lipinski definition) is 2. The van der Waals surface area contributed by atoms with Crippen LogP contribution in [0.25, 0.3) is 0 Å². The lowest BCUT2D eigenvalue weighted by molar-refractivity contribution is -0.0514. The Labute approximate surface area is 121 Å². The quantitative estimate of drug-likeness (QED) is 0.875. The maximum atomic E-state index is 9.51. The molecule has 4 fully saturated rings. The molecule has 4 aliphatic rings. The van der Waals surface area contributed by atoms with Crippen molar-refractivity contribution in [2.45, 2.75) is 45.1 Å². The number of aromatic hydroxyl groups is 1. The Kier molecular flexibility index (Phi) is 3.03. The fraction of sp³-hybridized carbons (Fsp3) is 0.667. The Morgan fingerprint density at radius 2 is 1.70 bits per heavy atom. The monoisotopic (exact) mass is 271 g/mol. The second-order valence-corrected chi connectivity index (χ2v) is 7.69. The smallest absolute Gasteiger partial charge is 0.115 e. The first-order valence-corrected chi connectivity index (χ1v) is 8.19. The molecule has 0 atom stereocenters. The van der Waals surface area contributed by atoms with Gasteiger partial charge in [0, 0.05) is 13.1 Å². The molecule has 0 saturated heterocycles. The first kappa shape index (κ1) is 12.7. The average molecular weight is 271 g/mol. The molecule has 4 saturated carbocycles. The molecule has 2 N–H and O–H groups in total. The minimum atomic E-state index is 0.374. The van der Waals surface area contributed by atoms with E-state index in [9.17, 15) is 5.11 Å². The van der Waals surface area contributed by atoms with Crippen molar-refractivity contribution in [1.29, 1.82) is 0 Å². The van der Waals surface area contributed by atoms with Gasteiger partial charge in [0.1, 0.15) is 5.75 Å². The summed E-state index contributed by atoms with van der Waals surface area (Å²) in [5, 5.41) is 13.2. The third-order valence-corrected chi connectivity index (χ3v) is 5.90. The SMILES string of the molecule is Oc1cccc(CNCC23CC4CC(CC(C4)C2)C3)c1. The van der Waals surface area contributed by atoms with Gasteiger partial charge in [-0.25, -0.2) is 0 Å². The Bertz CT molecular complexity index is 461. The first-order valence-electron chi connectivity index (χ1n) is 8.19. The molecule has 0 unspecified atom stereocenters. The van der Waals surface area contributed by atoms with Crippen LogP contribution in [0.2, 0.25) is 0 Å². The number of phenols is 1. The van der Waals surface area contributed by atoms with Crippen LogP contribution in [0, 0.1) is 23.2 Å². The van der Waals surface area contributed by atoms with E-state index in [4.69, 9.17) is 0 Å². The average Bonchev–Trinajstić information content (AvgIpc) is 2.36. The first-order chi connectivity index (χ1) is 9.71. The van der Waals surface area contributed by atoms with E-state index in [1.807, 2.05) is 12.1 Å². The van der Waals surface area contributed by atoms with Crippen LogP contribution in [0.15, 0.2) is 24.3 Å². The Morgan fingerprint density at radius 3 is 2.30 bits per heavy atom. The van der Waals surface area contributed by atoms with Crippen molar-refractivity contribution < 1.29 is 5.11 Å². The molecule has 4 aliphatic carbocycles. The summed E-state index contributed by atoms with van der Waals surface area (Å²) in [6.07, 6.45) is 8.95. The molecule has 0 amide bonds. The van der Waals surface area contributed by atoms with Gasteiger partial charge in [-0.15, -0.1) is 0 Å². The van der Waals surface area contributed by atoms with Crippen LogP contribution in [-0.4, -0.2) is 11.7 Å². The normalized spacial score (nSPS) is 38.3. The van der Waals surface area contributed by atoms with Crippen molar-refractivity contribution >= 4 is 0 Å². The van der Waals surface area contributed by atoms with Crippen molar-refractivity contribution in [2.75, 3.05) is 6.54 Å². The highest BCUT2D eigenvalue weighted by molar-refractivity contribution is 5.26. The zero-order valence-corrected chi connectivity index (χ0v) is 12.1. The van der Waals surface area contributed by atoms with Gasteiger partial charge in [-0.2, -0.15) is 0 Å². The standard InChI is InChI=1S/C18H25NO/c20-17-3-1-2-13(7-17)11-19-12-18-8-14-4-15(9-18)6-16(5-14)10-18/h1-3,7,14-16,19-20H,4-6,8-12H2. The molecule has 0 aromatic heterocycles. The molecule has 0 spiro atoms. The Hall–Kier alpha value is -1.02. The molecule has 2 nitrogen and oxygen atoms in total. The van der Waals surface area contributed by atoms with E-state index in [0.717, 1.165) is 24.3 Å². The van der Waals surface area contributed by atoms with E-state index in [1.54, 1.807) is 6.07 Å². The lowest BCUT2D eigenvalue weighted by Gasteiger charge is -2.57. The minimum Gasteiger partial charge on any atom is -0.508 e. The van der Waals surface area contributed by atoms with Gasteiger partial charge in [-0.05, 0) is 79.4 Å². The van der Waals surface area contributed by atoms with Crippen LogP contribution in [-0.2, 0) is 6.54 Å². The van der Waals surface area contributed by atoms with Gasteiger partial charge in [0.05, 0.1) is 0 Å². The molecule has 0 radical (unpaired) electrons. The number of phenolic OH excluding ortho intramolecular Hbond substituents is 1. The zero-order valence-electron chi connectivity index (χ0n) is 12.1. The third kappa shape index (κ3) is 2.35. The Balaban J connectivity index is 1.37. The third-order valence-electron chi connectivity index (χ3n) is 5.90. The predicted octanol–water partition coefficient (Wildman–Crippen LogP) is 3.70. The summed E-state index contributed by atoms with van der Waals surface area (Å²) in [5.41, 5.74) is 1.79. The molecule has 0 aliphatic heterocycles. The van der Waals surface area contributed by atoms with Crippen LogP contribution in [0.3, 0.4) is 0 Å². The summed E-state index contributed by atoms with van der Waals surface area (Å²) in [5.74, 6) is 3.47. The highest BCUT2D eigenvalue weighted by Gasteiger charge is 2.50. The van der Waals surface area contributed by atoms with Crippen molar-refractivity contribution in [1.82, 2.24) is 5.32 Å². The molecular weight excluding hydrogens is 246 g/mol. The van der Waals surface area contributed by atoms with Crippen LogP contribution in [0.1, 0.15) is 44.1 Å². The second-order valence-electron chi connectivity index (χ2n) is 7.69. The van der Waals surface area contributed by atoms with E-state index in [-0.39, 0.29) is 0 Å². The van der Waals surface area contributed by atoms with E-state index in [1.165, 1.54) is 50.6 Å². The maximum Gasteiger partial charge on any atom is 0.115 e. The summed E-state index contributed by atoms with van der Waals surface area (Å²) in [6.45, 7) is 2.06. The lowest BCUT2D eigenvalue weighted by Crippen LogP contribution is -2.50. The van der Waals surface area contributed by atoms with Crippen LogP contribution in [0.5, 0.6) is 5.75 Å². The Morgan fingerprint density at radius 1 is 1.05 bits per heavy atom. The highest BCUT2D eigenvalue weighted by atomic mass is 16.3. The van der Waals surface area contributed by atoms with Crippen LogP contribution in [0.4, 0.5) is 0 Å².